The maximum absolute atomic E-state index is 13.0. The summed E-state index contributed by atoms with van der Waals surface area (Å²) in [6.45, 7) is 0. The largest absolute Gasteiger partial charge is 0.507 e. The molecule has 1 N–H and O–H groups in total. The van der Waals surface area contributed by atoms with Crippen molar-refractivity contribution in [2.75, 3.05) is 7.11 Å². The van der Waals surface area contributed by atoms with Gasteiger partial charge in [0.05, 0.1) is 30.1 Å². The molecule has 2 aromatic carbocycles. The van der Waals surface area contributed by atoms with E-state index in [-0.39, 0.29) is 34.6 Å². The van der Waals surface area contributed by atoms with Crippen molar-refractivity contribution in [1.82, 2.24) is 9.13 Å². The Kier molecular flexibility index (Phi) is 4.85. The number of hydrogen-bond donors (Lipinski definition) is 1. The molecule has 0 unspecified atom stereocenters. The minimum Gasteiger partial charge on any atom is -0.507 e. The number of allylic oxidation sites excluding steroid dienone is 1. The summed E-state index contributed by atoms with van der Waals surface area (Å²) in [5, 5.41) is 10.9. The molecular formula is C23H20N2O6. The minimum absolute atomic E-state index is 0.117. The second-order valence-corrected chi connectivity index (χ2v) is 7.45. The molecule has 0 saturated heterocycles. The summed E-state index contributed by atoms with van der Waals surface area (Å²) in [6, 6.07) is 11.3. The van der Waals surface area contributed by atoms with Crippen molar-refractivity contribution in [2.24, 2.45) is 14.1 Å². The van der Waals surface area contributed by atoms with E-state index in [0.717, 1.165) is 0 Å². The van der Waals surface area contributed by atoms with Gasteiger partial charge in [-0.2, -0.15) is 0 Å². The summed E-state index contributed by atoms with van der Waals surface area (Å²) in [5.74, 6) is -3.49. The second-order valence-electron chi connectivity index (χ2n) is 7.45. The van der Waals surface area contributed by atoms with Gasteiger partial charge in [-0.05, 0) is 17.7 Å². The predicted molar refractivity (Wildman–Crippen MR) is 113 cm³/mol. The molecule has 0 aliphatic heterocycles. The van der Waals surface area contributed by atoms with E-state index < -0.39 is 23.5 Å². The van der Waals surface area contributed by atoms with Crippen LogP contribution in [0.4, 0.5) is 0 Å². The number of esters is 1. The summed E-state index contributed by atoms with van der Waals surface area (Å²) >= 11 is 0. The van der Waals surface area contributed by atoms with E-state index in [1.165, 1.54) is 22.3 Å². The Balaban J connectivity index is 1.96. The average Bonchev–Trinajstić information content (AvgIpc) is 3.00. The number of rotatable bonds is 4. The first-order chi connectivity index (χ1) is 14.8. The number of benzene rings is 2. The summed E-state index contributed by atoms with van der Waals surface area (Å²) in [4.78, 5) is 50.2. The minimum atomic E-state index is -0.933. The number of aromatic nitrogens is 2. The number of methoxy groups -OCH3 is 1. The highest BCUT2D eigenvalue weighted by Crippen LogP contribution is 2.38. The molecule has 1 heterocycles. The molecule has 0 amide bonds. The van der Waals surface area contributed by atoms with E-state index >= 15 is 0 Å². The number of imidazole rings is 1. The molecule has 0 radical (unpaired) electrons. The average molecular weight is 420 g/mol. The van der Waals surface area contributed by atoms with Crippen LogP contribution in [0.15, 0.2) is 52.8 Å². The highest BCUT2D eigenvalue weighted by atomic mass is 16.5. The van der Waals surface area contributed by atoms with Gasteiger partial charge in [-0.25, -0.2) is 4.79 Å². The quantitative estimate of drug-likeness (QED) is 0.512. The number of ketones is 2. The van der Waals surface area contributed by atoms with Crippen LogP contribution in [0.2, 0.25) is 0 Å². The molecule has 1 aromatic heterocycles. The smallest absolute Gasteiger partial charge is 0.328 e. The van der Waals surface area contributed by atoms with Crippen molar-refractivity contribution in [3.63, 3.8) is 0 Å². The van der Waals surface area contributed by atoms with Gasteiger partial charge in [0.25, 0.3) is 0 Å². The van der Waals surface area contributed by atoms with Crippen molar-refractivity contribution in [3.8, 4) is 0 Å². The fraction of sp³-hybridized carbons (Fsp3) is 0.217. The van der Waals surface area contributed by atoms with Gasteiger partial charge < -0.3 is 9.84 Å². The lowest BCUT2D eigenvalue weighted by Crippen LogP contribution is -2.28. The Hall–Kier alpha value is -3.94. The van der Waals surface area contributed by atoms with Crippen molar-refractivity contribution < 1.29 is 24.2 Å². The van der Waals surface area contributed by atoms with Crippen LogP contribution in [0, 0.1) is 0 Å². The van der Waals surface area contributed by atoms with Gasteiger partial charge in [-0.3, -0.25) is 23.5 Å². The maximum Gasteiger partial charge on any atom is 0.328 e. The van der Waals surface area contributed by atoms with Gasteiger partial charge in [0.1, 0.15) is 5.76 Å². The molecule has 31 heavy (non-hydrogen) atoms. The normalized spacial score (nSPS) is 14.7. The van der Waals surface area contributed by atoms with Crippen LogP contribution in [0.25, 0.3) is 16.8 Å². The SMILES string of the molecule is COC(=O)C[C@H](C1=C(O)c2ccccc2C(=O)C1=O)c1ccc2c(c1)n(C)c(=O)n2C. The Labute approximate surface area is 177 Å². The Morgan fingerprint density at radius 1 is 0.968 bits per heavy atom. The number of carbonyl (C=O) groups is 3. The fourth-order valence-corrected chi connectivity index (χ4v) is 4.09. The van der Waals surface area contributed by atoms with Crippen LogP contribution < -0.4 is 5.69 Å². The molecule has 1 aliphatic carbocycles. The molecule has 0 spiro atoms. The lowest BCUT2D eigenvalue weighted by molar-refractivity contribution is -0.140. The molecule has 8 nitrogen and oxygen atoms in total. The van der Waals surface area contributed by atoms with Crippen molar-refractivity contribution in [1.29, 1.82) is 0 Å². The summed E-state index contributed by atoms with van der Waals surface area (Å²) in [7, 11) is 4.48. The molecule has 1 atom stereocenters. The number of aliphatic hydroxyl groups is 1. The van der Waals surface area contributed by atoms with Gasteiger partial charge in [0, 0.05) is 31.1 Å². The van der Waals surface area contributed by atoms with Crippen molar-refractivity contribution in [3.05, 3.63) is 75.2 Å². The highest BCUT2D eigenvalue weighted by molar-refractivity contribution is 6.52. The van der Waals surface area contributed by atoms with Gasteiger partial charge in [-0.1, -0.05) is 30.3 Å². The zero-order valence-corrected chi connectivity index (χ0v) is 17.2. The van der Waals surface area contributed by atoms with E-state index in [9.17, 15) is 24.3 Å². The number of nitrogens with zero attached hydrogens (tertiary/aromatic N) is 2. The third kappa shape index (κ3) is 3.07. The van der Waals surface area contributed by atoms with Gasteiger partial charge in [-0.15, -0.1) is 0 Å². The fourth-order valence-electron chi connectivity index (χ4n) is 4.09. The molecule has 1 aliphatic rings. The van der Waals surface area contributed by atoms with E-state index in [1.54, 1.807) is 50.5 Å². The number of hydrogen-bond acceptors (Lipinski definition) is 6. The van der Waals surface area contributed by atoms with Crippen LogP contribution in [0.5, 0.6) is 0 Å². The Morgan fingerprint density at radius 2 is 1.61 bits per heavy atom. The second kappa shape index (κ2) is 7.39. The zero-order valence-electron chi connectivity index (χ0n) is 17.2. The number of Topliss-reactive ketones (excluding diaryl/α,β-unsaturated/α-hetero) is 2. The highest BCUT2D eigenvalue weighted by Gasteiger charge is 2.38. The first-order valence-corrected chi connectivity index (χ1v) is 9.60. The Morgan fingerprint density at radius 3 is 2.29 bits per heavy atom. The molecule has 0 bridgehead atoms. The molecule has 4 rings (SSSR count). The van der Waals surface area contributed by atoms with Gasteiger partial charge >= 0.3 is 11.7 Å². The van der Waals surface area contributed by atoms with Crippen molar-refractivity contribution in [2.45, 2.75) is 12.3 Å². The maximum atomic E-state index is 13.0. The lowest BCUT2D eigenvalue weighted by Gasteiger charge is -2.24. The number of ether oxygens (including phenoxy) is 1. The standard InChI is InChI=1S/C23H20N2O6/c1-24-16-9-8-12(10-17(16)25(2)23(24)30)15(11-18(26)31-3)19-20(27)13-6-4-5-7-14(13)21(28)22(19)29/h4-10,15,27H,11H2,1-3H3/t15-/m0/s1. The zero-order chi connectivity index (χ0) is 22.4. The molecular weight excluding hydrogens is 400 g/mol. The molecule has 0 saturated carbocycles. The van der Waals surface area contributed by atoms with E-state index in [4.69, 9.17) is 4.74 Å². The van der Waals surface area contributed by atoms with Crippen molar-refractivity contribution >= 4 is 34.3 Å². The van der Waals surface area contributed by atoms with Gasteiger partial charge in [0.2, 0.25) is 11.6 Å². The molecule has 158 valence electrons. The lowest BCUT2D eigenvalue weighted by atomic mass is 9.78. The third-order valence-corrected chi connectivity index (χ3v) is 5.78. The summed E-state index contributed by atoms with van der Waals surface area (Å²) < 4.78 is 7.73. The molecule has 8 heteroatoms. The number of fused-ring (bicyclic) bond motifs is 2. The monoisotopic (exact) mass is 420 g/mol. The van der Waals surface area contributed by atoms with E-state index in [2.05, 4.69) is 0 Å². The van der Waals surface area contributed by atoms with Gasteiger partial charge in [0.15, 0.2) is 0 Å². The summed E-state index contributed by atoms with van der Waals surface area (Å²) in [6.07, 6.45) is -0.261. The van der Waals surface area contributed by atoms with E-state index in [1.807, 2.05) is 0 Å². The van der Waals surface area contributed by atoms with Crippen LogP contribution in [-0.2, 0) is 28.4 Å². The Bertz CT molecular complexity index is 1360. The number of aryl methyl sites for hydroxylation is 2. The van der Waals surface area contributed by atoms with Crippen LogP contribution >= 0.6 is 0 Å². The summed E-state index contributed by atoms with van der Waals surface area (Å²) in [5.41, 5.74) is 1.74. The van der Waals surface area contributed by atoms with Crippen LogP contribution in [0.3, 0.4) is 0 Å². The topological polar surface area (TPSA) is 108 Å². The number of aliphatic hydroxyl groups excluding tert-OH is 1. The third-order valence-electron chi connectivity index (χ3n) is 5.78. The predicted octanol–water partition coefficient (Wildman–Crippen LogP) is 2.26. The molecule has 3 aromatic rings. The number of carbonyl (C=O) groups excluding carboxylic acids is 3. The first kappa shape index (κ1) is 20.3. The molecule has 0 fully saturated rings. The van der Waals surface area contributed by atoms with Crippen LogP contribution in [-0.4, -0.2) is 38.9 Å². The van der Waals surface area contributed by atoms with E-state index in [0.29, 0.717) is 16.6 Å². The first-order valence-electron chi connectivity index (χ1n) is 9.60. The van der Waals surface area contributed by atoms with Crippen LogP contribution in [0.1, 0.15) is 33.8 Å².